The molecule has 2 aromatic heterocycles. The largest absolute Gasteiger partial charge is 0.352 e. The molecule has 0 bridgehead atoms. The number of halogens is 1. The SMILES string of the molecule is CN=C(NCc1ccc(-n2ccnc2)c(F)c1)N1CCN(c2cnn(C)c2)C(=O)C1. The topological polar surface area (TPSA) is 83.6 Å². The molecule has 1 fully saturated rings. The summed E-state index contributed by atoms with van der Waals surface area (Å²) in [6.45, 7) is 1.78. The van der Waals surface area contributed by atoms with Gasteiger partial charge in [0, 0.05) is 52.3 Å². The van der Waals surface area contributed by atoms with Crippen LogP contribution in [-0.4, -0.2) is 62.8 Å². The Kier molecular flexibility index (Phi) is 5.46. The lowest BCUT2D eigenvalue weighted by Gasteiger charge is -2.35. The minimum absolute atomic E-state index is 0.0204. The van der Waals surface area contributed by atoms with Gasteiger partial charge in [0.2, 0.25) is 5.91 Å². The van der Waals surface area contributed by atoms with E-state index < -0.39 is 0 Å². The van der Waals surface area contributed by atoms with Gasteiger partial charge in [0.1, 0.15) is 12.4 Å². The monoisotopic (exact) mass is 410 g/mol. The van der Waals surface area contributed by atoms with Crippen molar-refractivity contribution in [2.75, 3.05) is 31.6 Å². The van der Waals surface area contributed by atoms with Gasteiger partial charge >= 0.3 is 0 Å². The van der Waals surface area contributed by atoms with Crippen molar-refractivity contribution in [3.8, 4) is 5.69 Å². The highest BCUT2D eigenvalue weighted by atomic mass is 19.1. The first kappa shape index (κ1) is 19.6. The minimum atomic E-state index is -0.331. The van der Waals surface area contributed by atoms with Gasteiger partial charge < -0.3 is 19.7 Å². The van der Waals surface area contributed by atoms with Crippen molar-refractivity contribution in [2.24, 2.45) is 12.0 Å². The molecule has 0 atom stereocenters. The van der Waals surface area contributed by atoms with Gasteiger partial charge in [-0.1, -0.05) is 6.07 Å². The summed E-state index contributed by atoms with van der Waals surface area (Å²) in [5.74, 6) is 0.253. The zero-order valence-electron chi connectivity index (χ0n) is 16.9. The number of piperazine rings is 1. The molecule has 4 rings (SSSR count). The van der Waals surface area contributed by atoms with E-state index in [-0.39, 0.29) is 18.3 Å². The Morgan fingerprint density at radius 1 is 1.33 bits per heavy atom. The Morgan fingerprint density at radius 3 is 2.83 bits per heavy atom. The maximum atomic E-state index is 14.5. The van der Waals surface area contributed by atoms with Crippen molar-refractivity contribution in [1.82, 2.24) is 29.5 Å². The summed E-state index contributed by atoms with van der Waals surface area (Å²) in [4.78, 5) is 24.5. The van der Waals surface area contributed by atoms with Gasteiger partial charge in [0.05, 0.1) is 23.9 Å². The number of hydrogen-bond donors (Lipinski definition) is 1. The number of carbonyl (C=O) groups excluding carboxylic acids is 1. The normalized spacial score (nSPS) is 15.0. The fourth-order valence-corrected chi connectivity index (χ4v) is 3.46. The van der Waals surface area contributed by atoms with Crippen LogP contribution in [0.5, 0.6) is 0 Å². The van der Waals surface area contributed by atoms with Gasteiger partial charge in [-0.3, -0.25) is 14.5 Å². The second-order valence-corrected chi connectivity index (χ2v) is 7.00. The van der Waals surface area contributed by atoms with Crippen LogP contribution in [0.2, 0.25) is 0 Å². The molecule has 9 nitrogen and oxygen atoms in total. The third-order valence-corrected chi connectivity index (χ3v) is 4.98. The van der Waals surface area contributed by atoms with E-state index >= 15 is 0 Å². The predicted octanol–water partition coefficient (Wildman–Crippen LogP) is 1.17. The molecule has 0 radical (unpaired) electrons. The summed E-state index contributed by atoms with van der Waals surface area (Å²) in [6.07, 6.45) is 8.36. The van der Waals surface area contributed by atoms with Crippen molar-refractivity contribution in [2.45, 2.75) is 6.54 Å². The number of carbonyl (C=O) groups is 1. The molecular formula is C20H23FN8O. The van der Waals surface area contributed by atoms with Gasteiger partial charge in [-0.15, -0.1) is 0 Å². The van der Waals surface area contributed by atoms with Crippen LogP contribution in [0.15, 0.2) is 54.3 Å². The van der Waals surface area contributed by atoms with E-state index in [1.807, 2.05) is 24.2 Å². The molecule has 1 aliphatic heterocycles. The van der Waals surface area contributed by atoms with E-state index in [1.54, 1.807) is 52.2 Å². The highest BCUT2D eigenvalue weighted by molar-refractivity contribution is 5.98. The number of imidazole rings is 1. The third-order valence-electron chi connectivity index (χ3n) is 4.98. The van der Waals surface area contributed by atoms with Gasteiger partial charge in [-0.05, 0) is 17.7 Å². The summed E-state index contributed by atoms with van der Waals surface area (Å²) in [6, 6.07) is 5.05. The number of rotatable bonds is 4. The van der Waals surface area contributed by atoms with Crippen LogP contribution in [0.3, 0.4) is 0 Å². The van der Waals surface area contributed by atoms with Crippen molar-refractivity contribution >= 4 is 17.6 Å². The summed E-state index contributed by atoms with van der Waals surface area (Å²) in [5.41, 5.74) is 2.01. The molecule has 3 heterocycles. The minimum Gasteiger partial charge on any atom is -0.352 e. The number of nitrogens with one attached hydrogen (secondary N) is 1. The fraction of sp³-hybridized carbons (Fsp3) is 0.300. The molecule has 1 N–H and O–H groups in total. The van der Waals surface area contributed by atoms with Crippen molar-refractivity contribution < 1.29 is 9.18 Å². The van der Waals surface area contributed by atoms with E-state index in [1.165, 1.54) is 6.07 Å². The average Bonchev–Trinajstić information content (AvgIpc) is 3.41. The molecule has 3 aromatic rings. The molecule has 0 unspecified atom stereocenters. The van der Waals surface area contributed by atoms with Crippen LogP contribution in [0.1, 0.15) is 5.56 Å². The standard InChI is InChI=1S/C20H23FN8O/c1-22-20(27-7-8-29(19(30)13-27)16-11-25-26(2)12-16)24-10-15-3-4-18(17(21)9-15)28-6-5-23-14-28/h3-6,9,11-12,14H,7-8,10,13H2,1-2H3,(H,22,24). The van der Waals surface area contributed by atoms with E-state index in [2.05, 4.69) is 20.4 Å². The van der Waals surface area contributed by atoms with Crippen LogP contribution in [0.4, 0.5) is 10.1 Å². The molecule has 0 saturated carbocycles. The number of benzene rings is 1. The quantitative estimate of drug-likeness (QED) is 0.516. The number of amides is 1. The zero-order chi connectivity index (χ0) is 21.1. The maximum Gasteiger partial charge on any atom is 0.246 e. The first-order valence-electron chi connectivity index (χ1n) is 9.56. The van der Waals surface area contributed by atoms with E-state index in [0.717, 1.165) is 11.3 Å². The summed E-state index contributed by atoms with van der Waals surface area (Å²) in [7, 11) is 3.49. The highest BCUT2D eigenvalue weighted by Gasteiger charge is 2.27. The first-order chi connectivity index (χ1) is 14.5. The number of hydrogen-bond acceptors (Lipinski definition) is 4. The first-order valence-corrected chi connectivity index (χ1v) is 9.56. The van der Waals surface area contributed by atoms with Gasteiger partial charge in [0.15, 0.2) is 5.96 Å². The predicted molar refractivity (Wildman–Crippen MR) is 111 cm³/mol. The van der Waals surface area contributed by atoms with E-state index in [9.17, 15) is 9.18 Å². The van der Waals surface area contributed by atoms with Crippen molar-refractivity contribution in [3.05, 3.63) is 60.7 Å². The fourth-order valence-electron chi connectivity index (χ4n) is 3.46. The molecule has 0 aliphatic carbocycles. The Hall–Kier alpha value is -3.69. The molecule has 1 amide bonds. The van der Waals surface area contributed by atoms with Crippen LogP contribution >= 0.6 is 0 Å². The highest BCUT2D eigenvalue weighted by Crippen LogP contribution is 2.17. The lowest BCUT2D eigenvalue weighted by atomic mass is 10.2. The lowest BCUT2D eigenvalue weighted by Crippen LogP contribution is -2.55. The smallest absolute Gasteiger partial charge is 0.246 e. The molecule has 30 heavy (non-hydrogen) atoms. The molecule has 0 spiro atoms. The number of anilines is 1. The molecule has 156 valence electrons. The Balaban J connectivity index is 1.37. The van der Waals surface area contributed by atoms with Crippen molar-refractivity contribution in [1.29, 1.82) is 0 Å². The third kappa shape index (κ3) is 4.02. The van der Waals surface area contributed by atoms with Gasteiger partial charge in [0.25, 0.3) is 0 Å². The molecular weight excluding hydrogens is 387 g/mol. The van der Waals surface area contributed by atoms with Crippen molar-refractivity contribution in [3.63, 3.8) is 0 Å². The number of aromatic nitrogens is 4. The van der Waals surface area contributed by atoms with Crippen LogP contribution in [0, 0.1) is 5.82 Å². The Labute approximate surface area is 173 Å². The Morgan fingerprint density at radius 2 is 2.20 bits per heavy atom. The zero-order valence-corrected chi connectivity index (χ0v) is 16.9. The van der Waals surface area contributed by atoms with Gasteiger partial charge in [-0.2, -0.15) is 5.10 Å². The number of aryl methyl sites for hydroxylation is 1. The number of guanidine groups is 1. The summed E-state index contributed by atoms with van der Waals surface area (Å²) < 4.78 is 17.8. The second-order valence-electron chi connectivity index (χ2n) is 7.00. The summed E-state index contributed by atoms with van der Waals surface area (Å²) in [5, 5.41) is 7.35. The molecule has 1 saturated heterocycles. The van der Waals surface area contributed by atoms with E-state index in [0.29, 0.717) is 31.3 Å². The number of nitrogens with zero attached hydrogens (tertiary/aromatic N) is 7. The van der Waals surface area contributed by atoms with E-state index in [4.69, 9.17) is 0 Å². The maximum absolute atomic E-state index is 14.5. The average molecular weight is 410 g/mol. The van der Waals surface area contributed by atoms with Crippen LogP contribution < -0.4 is 10.2 Å². The molecule has 1 aromatic carbocycles. The Bertz CT molecular complexity index is 1060. The summed E-state index contributed by atoms with van der Waals surface area (Å²) >= 11 is 0. The molecule has 1 aliphatic rings. The second kappa shape index (κ2) is 8.36. The van der Waals surface area contributed by atoms with Crippen LogP contribution in [0.25, 0.3) is 5.69 Å². The lowest BCUT2D eigenvalue weighted by molar-refractivity contribution is -0.120. The number of aliphatic imine (C=N–C) groups is 1. The van der Waals surface area contributed by atoms with Gasteiger partial charge in [-0.25, -0.2) is 9.37 Å². The van der Waals surface area contributed by atoms with Crippen LogP contribution in [-0.2, 0) is 18.4 Å². The molecule has 10 heteroatoms.